The van der Waals surface area contributed by atoms with Crippen molar-refractivity contribution >= 4 is 34.3 Å². The minimum Gasteiger partial charge on any atom is -0.496 e. The van der Waals surface area contributed by atoms with Gasteiger partial charge in [-0.15, -0.1) is 0 Å². The summed E-state index contributed by atoms with van der Waals surface area (Å²) in [5.74, 6) is -0.0313. The first-order chi connectivity index (χ1) is 16.5. The molecule has 0 saturated carbocycles. The Balaban J connectivity index is 1.78. The van der Waals surface area contributed by atoms with E-state index in [0.717, 1.165) is 11.8 Å². The van der Waals surface area contributed by atoms with Crippen LogP contribution in [-0.2, 0) is 4.74 Å². The molecular weight excluding hydrogens is 454 g/mol. The van der Waals surface area contributed by atoms with Crippen molar-refractivity contribution < 1.29 is 28.2 Å². The van der Waals surface area contributed by atoms with Crippen LogP contribution in [0.25, 0.3) is 11.0 Å². The molecule has 1 unspecified atom stereocenters. The molecule has 1 atom stereocenters. The van der Waals surface area contributed by atoms with Crippen molar-refractivity contribution in [3.63, 3.8) is 0 Å². The van der Waals surface area contributed by atoms with Crippen LogP contribution in [0.2, 0.25) is 0 Å². The molecule has 0 aliphatic heterocycles. The van der Waals surface area contributed by atoms with Gasteiger partial charge in [-0.1, -0.05) is 20.8 Å². The molecule has 3 rings (SSSR count). The van der Waals surface area contributed by atoms with Crippen molar-refractivity contribution in [1.82, 2.24) is 0 Å². The van der Waals surface area contributed by atoms with Gasteiger partial charge in [0.15, 0.2) is 11.2 Å². The van der Waals surface area contributed by atoms with Gasteiger partial charge in [-0.05, 0) is 29.7 Å². The quantitative estimate of drug-likeness (QED) is 0.437. The monoisotopic (exact) mass is 483 g/mol. The molecular formula is C25H29N3O7. The van der Waals surface area contributed by atoms with Gasteiger partial charge in [0.05, 0.1) is 20.3 Å². The highest BCUT2D eigenvalue weighted by Gasteiger charge is 2.26. The highest BCUT2D eigenvalue weighted by atomic mass is 16.5. The second kappa shape index (κ2) is 10.4. The number of nitrogens with two attached hydrogens (primary N) is 1. The number of carbonyl (C=O) groups is 2. The van der Waals surface area contributed by atoms with Gasteiger partial charge < -0.3 is 35.0 Å². The Morgan fingerprint density at radius 1 is 1.03 bits per heavy atom. The topological polar surface area (TPSA) is 142 Å². The summed E-state index contributed by atoms with van der Waals surface area (Å²) < 4.78 is 21.1. The zero-order valence-corrected chi connectivity index (χ0v) is 20.3. The first-order valence-corrected chi connectivity index (χ1v) is 10.8. The number of primary amides is 1. The second-order valence-corrected chi connectivity index (χ2v) is 8.90. The Bertz CT molecular complexity index is 1280. The van der Waals surface area contributed by atoms with Crippen LogP contribution in [0, 0.1) is 5.41 Å². The van der Waals surface area contributed by atoms with Gasteiger partial charge in [-0.3, -0.25) is 9.59 Å². The van der Waals surface area contributed by atoms with Gasteiger partial charge in [0, 0.05) is 29.6 Å². The Morgan fingerprint density at radius 2 is 1.69 bits per heavy atom. The largest absolute Gasteiger partial charge is 0.496 e. The lowest BCUT2D eigenvalue weighted by Crippen LogP contribution is -2.39. The van der Waals surface area contributed by atoms with Crippen LogP contribution in [0.15, 0.2) is 51.7 Å². The van der Waals surface area contributed by atoms with Gasteiger partial charge in [0.2, 0.25) is 0 Å². The number of hydrogen-bond acceptors (Lipinski definition) is 8. The van der Waals surface area contributed by atoms with Crippen LogP contribution < -0.4 is 31.3 Å². The van der Waals surface area contributed by atoms with E-state index in [1.54, 1.807) is 30.3 Å². The van der Waals surface area contributed by atoms with E-state index in [-0.39, 0.29) is 40.5 Å². The maximum atomic E-state index is 12.8. The van der Waals surface area contributed by atoms with E-state index in [1.165, 1.54) is 20.3 Å². The van der Waals surface area contributed by atoms with Gasteiger partial charge in [-0.2, -0.15) is 0 Å². The number of carbonyl (C=O) groups excluding carboxylic acids is 2. The molecule has 0 spiro atoms. The molecule has 186 valence electrons. The van der Waals surface area contributed by atoms with E-state index in [2.05, 4.69) is 10.6 Å². The summed E-state index contributed by atoms with van der Waals surface area (Å²) in [5, 5.41) is 6.23. The standard InChI is InChI=1S/C25H29N3O7/c1-25(2,3)21(13-34-24(26)31)27-14-6-8-15(9-7-14)28-23(30)20-12-17(29)22-18(33-5)10-16(32-4)11-19(22)35-20/h6-12,21,27H,13H2,1-5H3,(H2,26,31)(H,28,30). The average Bonchev–Trinajstić information content (AvgIpc) is 2.80. The van der Waals surface area contributed by atoms with E-state index in [1.807, 2.05) is 20.8 Å². The molecule has 35 heavy (non-hydrogen) atoms. The number of nitrogens with one attached hydrogen (secondary N) is 2. The van der Waals surface area contributed by atoms with Crippen molar-refractivity contribution in [2.45, 2.75) is 26.8 Å². The summed E-state index contributed by atoms with van der Waals surface area (Å²) in [7, 11) is 2.91. The number of benzene rings is 2. The summed E-state index contributed by atoms with van der Waals surface area (Å²) in [6.07, 6.45) is -0.837. The van der Waals surface area contributed by atoms with E-state index >= 15 is 0 Å². The highest BCUT2D eigenvalue weighted by Crippen LogP contribution is 2.30. The molecule has 0 radical (unpaired) electrons. The summed E-state index contributed by atoms with van der Waals surface area (Å²) in [5.41, 5.74) is 5.88. The van der Waals surface area contributed by atoms with E-state index < -0.39 is 17.4 Å². The number of rotatable bonds is 8. The molecule has 3 aromatic rings. The van der Waals surface area contributed by atoms with Gasteiger partial charge in [0.1, 0.15) is 29.1 Å². The fourth-order valence-corrected chi connectivity index (χ4v) is 3.34. The number of fused-ring (bicyclic) bond motifs is 1. The van der Waals surface area contributed by atoms with Gasteiger partial charge >= 0.3 is 6.09 Å². The van der Waals surface area contributed by atoms with Crippen molar-refractivity contribution in [2.75, 3.05) is 31.5 Å². The minimum absolute atomic E-state index is 0.105. The number of hydrogen-bond donors (Lipinski definition) is 3. The van der Waals surface area contributed by atoms with Crippen LogP contribution in [0.4, 0.5) is 16.2 Å². The van der Waals surface area contributed by atoms with E-state index in [4.69, 9.17) is 24.4 Å². The molecule has 1 heterocycles. The molecule has 10 heteroatoms. The molecule has 10 nitrogen and oxygen atoms in total. The molecule has 0 saturated heterocycles. The Morgan fingerprint density at radius 3 is 2.26 bits per heavy atom. The molecule has 4 N–H and O–H groups in total. The maximum Gasteiger partial charge on any atom is 0.404 e. The number of methoxy groups -OCH3 is 2. The van der Waals surface area contributed by atoms with Crippen molar-refractivity contribution in [3.05, 3.63) is 58.4 Å². The number of amides is 2. The smallest absolute Gasteiger partial charge is 0.404 e. The van der Waals surface area contributed by atoms with Crippen LogP contribution in [0.3, 0.4) is 0 Å². The fourth-order valence-electron chi connectivity index (χ4n) is 3.34. The molecule has 0 bridgehead atoms. The van der Waals surface area contributed by atoms with E-state index in [0.29, 0.717) is 11.4 Å². The fraction of sp³-hybridized carbons (Fsp3) is 0.320. The number of anilines is 2. The highest BCUT2D eigenvalue weighted by molar-refractivity contribution is 6.03. The normalized spacial score (nSPS) is 12.0. The van der Waals surface area contributed by atoms with Crippen molar-refractivity contribution in [3.8, 4) is 11.5 Å². The van der Waals surface area contributed by atoms with Crippen LogP contribution in [0.5, 0.6) is 11.5 Å². The third-order valence-electron chi connectivity index (χ3n) is 5.37. The lowest BCUT2D eigenvalue weighted by molar-refractivity contribution is 0.0997. The lowest BCUT2D eigenvalue weighted by atomic mass is 9.87. The molecule has 0 fully saturated rings. The first-order valence-electron chi connectivity index (χ1n) is 10.8. The minimum atomic E-state index is -0.837. The van der Waals surface area contributed by atoms with E-state index in [9.17, 15) is 14.4 Å². The van der Waals surface area contributed by atoms with Crippen LogP contribution in [0.1, 0.15) is 31.3 Å². The molecule has 2 aromatic carbocycles. The molecule has 0 aliphatic carbocycles. The Kier molecular flexibility index (Phi) is 7.53. The summed E-state index contributed by atoms with van der Waals surface area (Å²) >= 11 is 0. The SMILES string of the molecule is COc1cc(OC)c2c(=O)cc(C(=O)Nc3ccc(NC(COC(N)=O)C(C)(C)C)cc3)oc2c1. The Labute approximate surface area is 202 Å². The van der Waals surface area contributed by atoms with Gasteiger partial charge in [-0.25, -0.2) is 4.79 Å². The summed E-state index contributed by atoms with van der Waals surface area (Å²) in [6.45, 7) is 6.12. The maximum absolute atomic E-state index is 12.8. The zero-order chi connectivity index (χ0) is 25.8. The lowest BCUT2D eigenvalue weighted by Gasteiger charge is -2.31. The second-order valence-electron chi connectivity index (χ2n) is 8.90. The molecule has 2 amide bonds. The first kappa shape index (κ1) is 25.4. The third kappa shape index (κ3) is 6.23. The van der Waals surface area contributed by atoms with Gasteiger partial charge in [0.25, 0.3) is 5.91 Å². The molecule has 0 aliphatic rings. The molecule has 1 aromatic heterocycles. The number of ether oxygens (including phenoxy) is 3. The summed E-state index contributed by atoms with van der Waals surface area (Å²) in [6, 6.07) is 10.9. The zero-order valence-electron chi connectivity index (χ0n) is 20.3. The van der Waals surface area contributed by atoms with Crippen LogP contribution in [-0.4, -0.2) is 38.9 Å². The van der Waals surface area contributed by atoms with Crippen LogP contribution >= 0.6 is 0 Å². The van der Waals surface area contributed by atoms with Crippen molar-refractivity contribution in [2.24, 2.45) is 11.1 Å². The predicted octanol–water partition coefficient (Wildman–Crippen LogP) is 3.98. The average molecular weight is 484 g/mol. The predicted molar refractivity (Wildman–Crippen MR) is 132 cm³/mol. The van der Waals surface area contributed by atoms with Crippen molar-refractivity contribution in [1.29, 1.82) is 0 Å². The Hall–Kier alpha value is -4.21. The third-order valence-corrected chi connectivity index (χ3v) is 5.37. The summed E-state index contributed by atoms with van der Waals surface area (Å²) in [4.78, 5) is 36.4.